The average molecular weight is 275 g/mol. The zero-order chi connectivity index (χ0) is 14.4. The molecule has 110 valence electrons. The number of aromatic nitrogens is 2. The van der Waals surface area contributed by atoms with Crippen molar-refractivity contribution < 1.29 is 5.11 Å². The second-order valence-electron chi connectivity index (χ2n) is 5.17. The third kappa shape index (κ3) is 3.38. The molecule has 4 nitrogen and oxygen atoms in total. The van der Waals surface area contributed by atoms with Crippen LogP contribution in [0.4, 0.5) is 0 Å². The predicted octanol–water partition coefficient (Wildman–Crippen LogP) is 2.70. The summed E-state index contributed by atoms with van der Waals surface area (Å²) in [6, 6.07) is 8.65. The van der Waals surface area contributed by atoms with Crippen molar-refractivity contribution in [2.45, 2.75) is 52.2 Å². The SMILES string of the molecule is CCCn1c(CNC(CC)CCO)nc2ccccc21. The summed E-state index contributed by atoms with van der Waals surface area (Å²) in [5, 5.41) is 12.6. The molecule has 1 heterocycles. The van der Waals surface area contributed by atoms with E-state index in [4.69, 9.17) is 10.1 Å². The summed E-state index contributed by atoms with van der Waals surface area (Å²) < 4.78 is 2.30. The van der Waals surface area contributed by atoms with Crippen molar-refractivity contribution in [2.24, 2.45) is 0 Å². The smallest absolute Gasteiger partial charge is 0.123 e. The lowest BCUT2D eigenvalue weighted by Gasteiger charge is -2.16. The van der Waals surface area contributed by atoms with E-state index in [-0.39, 0.29) is 6.61 Å². The molecule has 0 fully saturated rings. The van der Waals surface area contributed by atoms with E-state index in [0.717, 1.165) is 43.7 Å². The van der Waals surface area contributed by atoms with Gasteiger partial charge in [0.05, 0.1) is 17.6 Å². The highest BCUT2D eigenvalue weighted by Gasteiger charge is 2.11. The molecule has 2 aromatic rings. The second-order valence-corrected chi connectivity index (χ2v) is 5.17. The first kappa shape index (κ1) is 15.0. The van der Waals surface area contributed by atoms with Crippen LogP contribution in [-0.4, -0.2) is 27.3 Å². The largest absolute Gasteiger partial charge is 0.396 e. The summed E-state index contributed by atoms with van der Waals surface area (Å²) in [5.41, 5.74) is 2.27. The zero-order valence-electron chi connectivity index (χ0n) is 12.5. The van der Waals surface area contributed by atoms with Gasteiger partial charge < -0.3 is 15.0 Å². The lowest BCUT2D eigenvalue weighted by Crippen LogP contribution is -2.30. The van der Waals surface area contributed by atoms with Gasteiger partial charge in [0.1, 0.15) is 5.82 Å². The molecule has 0 amide bonds. The molecule has 0 spiro atoms. The minimum atomic E-state index is 0.233. The maximum atomic E-state index is 9.06. The molecule has 1 aromatic heterocycles. The Morgan fingerprint density at radius 2 is 2.10 bits per heavy atom. The Labute approximate surface area is 120 Å². The van der Waals surface area contributed by atoms with Crippen LogP contribution in [0.3, 0.4) is 0 Å². The Balaban J connectivity index is 2.17. The number of aliphatic hydroxyl groups excluding tert-OH is 1. The Bertz CT molecular complexity index is 536. The third-order valence-electron chi connectivity index (χ3n) is 3.70. The van der Waals surface area contributed by atoms with Crippen molar-refractivity contribution in [3.63, 3.8) is 0 Å². The molecule has 1 atom stereocenters. The lowest BCUT2D eigenvalue weighted by molar-refractivity contribution is 0.261. The number of benzene rings is 1. The fourth-order valence-electron chi connectivity index (χ4n) is 2.58. The maximum absolute atomic E-state index is 9.06. The number of aliphatic hydroxyl groups is 1. The summed E-state index contributed by atoms with van der Waals surface area (Å²) in [6.45, 7) is 6.31. The highest BCUT2D eigenvalue weighted by molar-refractivity contribution is 5.75. The van der Waals surface area contributed by atoms with Crippen molar-refractivity contribution in [1.82, 2.24) is 14.9 Å². The molecule has 2 N–H and O–H groups in total. The number of fused-ring (bicyclic) bond motifs is 1. The molecular formula is C16H25N3O. The molecule has 4 heteroatoms. The van der Waals surface area contributed by atoms with E-state index in [0.29, 0.717) is 6.04 Å². The molecule has 0 aliphatic rings. The quantitative estimate of drug-likeness (QED) is 0.779. The molecule has 0 aliphatic heterocycles. The van der Waals surface area contributed by atoms with E-state index in [1.165, 1.54) is 5.52 Å². The minimum absolute atomic E-state index is 0.233. The van der Waals surface area contributed by atoms with E-state index >= 15 is 0 Å². The second kappa shape index (κ2) is 7.41. The molecule has 0 radical (unpaired) electrons. The summed E-state index contributed by atoms with van der Waals surface area (Å²) in [6.07, 6.45) is 2.92. The standard InChI is InChI=1S/C16H25N3O/c1-3-10-19-15-8-6-5-7-14(15)18-16(19)12-17-13(4-2)9-11-20/h5-8,13,17,20H,3-4,9-12H2,1-2H3. The van der Waals surface area contributed by atoms with E-state index in [9.17, 15) is 0 Å². The van der Waals surface area contributed by atoms with E-state index < -0.39 is 0 Å². The molecule has 1 unspecified atom stereocenters. The van der Waals surface area contributed by atoms with Crippen LogP contribution in [0.5, 0.6) is 0 Å². The first-order chi connectivity index (χ1) is 9.80. The fraction of sp³-hybridized carbons (Fsp3) is 0.562. The number of para-hydroxylation sites is 2. The van der Waals surface area contributed by atoms with Crippen LogP contribution in [0.2, 0.25) is 0 Å². The fourth-order valence-corrected chi connectivity index (χ4v) is 2.58. The highest BCUT2D eigenvalue weighted by atomic mass is 16.3. The van der Waals surface area contributed by atoms with Gasteiger partial charge in [-0.1, -0.05) is 26.0 Å². The predicted molar refractivity (Wildman–Crippen MR) is 82.6 cm³/mol. The van der Waals surface area contributed by atoms with E-state index in [1.807, 2.05) is 6.07 Å². The number of rotatable bonds is 8. The number of imidazole rings is 1. The van der Waals surface area contributed by atoms with E-state index in [1.54, 1.807) is 0 Å². The van der Waals surface area contributed by atoms with Crippen LogP contribution in [0.25, 0.3) is 11.0 Å². The van der Waals surface area contributed by atoms with Crippen LogP contribution in [0.1, 0.15) is 38.9 Å². The number of hydrogen-bond acceptors (Lipinski definition) is 3. The molecule has 0 saturated carbocycles. The number of hydrogen-bond donors (Lipinski definition) is 2. The van der Waals surface area contributed by atoms with Crippen LogP contribution in [-0.2, 0) is 13.1 Å². The Morgan fingerprint density at radius 3 is 2.80 bits per heavy atom. The maximum Gasteiger partial charge on any atom is 0.123 e. The molecule has 0 bridgehead atoms. The highest BCUT2D eigenvalue weighted by Crippen LogP contribution is 2.16. The number of nitrogens with one attached hydrogen (secondary N) is 1. The Hall–Kier alpha value is -1.39. The van der Waals surface area contributed by atoms with Gasteiger partial charge >= 0.3 is 0 Å². The van der Waals surface area contributed by atoms with Crippen LogP contribution in [0.15, 0.2) is 24.3 Å². The lowest BCUT2D eigenvalue weighted by atomic mass is 10.1. The normalized spacial score (nSPS) is 12.9. The molecule has 0 aliphatic carbocycles. The number of nitrogens with zero attached hydrogens (tertiary/aromatic N) is 2. The summed E-state index contributed by atoms with van der Waals surface area (Å²) in [4.78, 5) is 4.74. The summed E-state index contributed by atoms with van der Waals surface area (Å²) in [7, 11) is 0. The summed E-state index contributed by atoms with van der Waals surface area (Å²) >= 11 is 0. The van der Waals surface area contributed by atoms with Gasteiger partial charge in [-0.2, -0.15) is 0 Å². The molecule has 1 aromatic carbocycles. The van der Waals surface area contributed by atoms with Gasteiger partial charge in [-0.05, 0) is 31.4 Å². The van der Waals surface area contributed by atoms with Crippen LogP contribution >= 0.6 is 0 Å². The van der Waals surface area contributed by atoms with Gasteiger partial charge in [0.2, 0.25) is 0 Å². The molecule has 2 rings (SSSR count). The first-order valence-electron chi connectivity index (χ1n) is 7.58. The van der Waals surface area contributed by atoms with Crippen molar-refractivity contribution in [1.29, 1.82) is 0 Å². The number of aryl methyl sites for hydroxylation is 1. The van der Waals surface area contributed by atoms with E-state index in [2.05, 4.69) is 41.9 Å². The van der Waals surface area contributed by atoms with Gasteiger partial charge in [-0.3, -0.25) is 0 Å². The van der Waals surface area contributed by atoms with Crippen molar-refractivity contribution >= 4 is 11.0 Å². The summed E-state index contributed by atoms with van der Waals surface area (Å²) in [5.74, 6) is 1.09. The van der Waals surface area contributed by atoms with Crippen molar-refractivity contribution in [3.8, 4) is 0 Å². The van der Waals surface area contributed by atoms with Crippen LogP contribution < -0.4 is 5.32 Å². The van der Waals surface area contributed by atoms with Gasteiger partial charge in [0, 0.05) is 19.2 Å². The van der Waals surface area contributed by atoms with Crippen LogP contribution in [0, 0.1) is 0 Å². The van der Waals surface area contributed by atoms with Gasteiger partial charge in [0.15, 0.2) is 0 Å². The third-order valence-corrected chi connectivity index (χ3v) is 3.70. The Kier molecular flexibility index (Phi) is 5.56. The molecule has 0 saturated heterocycles. The molecular weight excluding hydrogens is 250 g/mol. The Morgan fingerprint density at radius 1 is 1.30 bits per heavy atom. The van der Waals surface area contributed by atoms with Crippen molar-refractivity contribution in [3.05, 3.63) is 30.1 Å². The topological polar surface area (TPSA) is 50.1 Å². The monoisotopic (exact) mass is 275 g/mol. The molecule has 20 heavy (non-hydrogen) atoms. The van der Waals surface area contributed by atoms with Crippen molar-refractivity contribution in [2.75, 3.05) is 6.61 Å². The minimum Gasteiger partial charge on any atom is -0.396 e. The van der Waals surface area contributed by atoms with Gasteiger partial charge in [-0.25, -0.2) is 4.98 Å². The zero-order valence-corrected chi connectivity index (χ0v) is 12.5. The van der Waals surface area contributed by atoms with Gasteiger partial charge in [0.25, 0.3) is 0 Å². The van der Waals surface area contributed by atoms with Gasteiger partial charge in [-0.15, -0.1) is 0 Å². The average Bonchev–Trinajstić information content (AvgIpc) is 2.82. The first-order valence-corrected chi connectivity index (χ1v) is 7.58.